The van der Waals surface area contributed by atoms with Crippen LogP contribution < -0.4 is 0 Å². The van der Waals surface area contributed by atoms with Gasteiger partial charge in [-0.2, -0.15) is 0 Å². The molecule has 0 spiro atoms. The molecule has 1 aliphatic rings. The molecule has 1 atom stereocenters. The van der Waals surface area contributed by atoms with Crippen LogP contribution in [0.1, 0.15) is 55.5 Å². The fraction of sp³-hybridized carbons (Fsp3) is 0.500. The molecule has 184 valence electrons. The summed E-state index contributed by atoms with van der Waals surface area (Å²) in [6.07, 6.45) is 10.2. The van der Waals surface area contributed by atoms with Crippen molar-refractivity contribution in [3.05, 3.63) is 71.1 Å². The molecule has 0 radical (unpaired) electrons. The second-order valence-electron chi connectivity index (χ2n) is 10.6. The summed E-state index contributed by atoms with van der Waals surface area (Å²) in [6.45, 7) is 14.2. The Labute approximate surface area is 206 Å². The zero-order valence-electron chi connectivity index (χ0n) is 21.6. The van der Waals surface area contributed by atoms with Crippen molar-refractivity contribution < 1.29 is 14.0 Å². The first-order chi connectivity index (χ1) is 16.1. The first kappa shape index (κ1) is 26.3. The van der Waals surface area contributed by atoms with Crippen molar-refractivity contribution >= 4 is 20.4 Å². The first-order valence-corrected chi connectivity index (χ1v) is 15.2. The summed E-state index contributed by atoms with van der Waals surface area (Å²) in [5, 5.41) is 0.210. The number of aryl methyl sites for hydroxylation is 1. The molecule has 1 unspecified atom stereocenters. The lowest BCUT2D eigenvalue weighted by Crippen LogP contribution is -2.43. The van der Waals surface area contributed by atoms with Crippen LogP contribution in [-0.4, -0.2) is 51.0 Å². The van der Waals surface area contributed by atoms with E-state index < -0.39 is 8.32 Å². The number of carbonyl (C=O) groups is 1. The Morgan fingerprint density at radius 1 is 1.24 bits per heavy atom. The highest BCUT2D eigenvalue weighted by Crippen LogP contribution is 2.38. The minimum atomic E-state index is -1.78. The van der Waals surface area contributed by atoms with Crippen LogP contribution in [0.15, 0.2) is 48.8 Å². The second kappa shape index (κ2) is 11.4. The van der Waals surface area contributed by atoms with Gasteiger partial charge >= 0.3 is 5.97 Å². The van der Waals surface area contributed by atoms with Crippen LogP contribution in [-0.2, 0) is 26.8 Å². The molecule has 34 heavy (non-hydrogen) atoms. The average Bonchev–Trinajstić information content (AvgIpc) is 3.22. The molecular weight excluding hydrogens is 440 g/mol. The fourth-order valence-corrected chi connectivity index (χ4v) is 5.24. The van der Waals surface area contributed by atoms with Gasteiger partial charge in [0.25, 0.3) is 0 Å². The number of hydrogen-bond donors (Lipinski definition) is 0. The van der Waals surface area contributed by atoms with E-state index in [1.54, 1.807) is 0 Å². The summed E-state index contributed by atoms with van der Waals surface area (Å²) in [5.41, 5.74) is 5.06. The van der Waals surface area contributed by atoms with E-state index in [2.05, 4.69) is 68.0 Å². The largest absolute Gasteiger partial charge is 0.466 e. The SMILES string of the molecule is COC(=O)C=Cc1ccc2c(c1)CCC2N(CCO[Si](C)(C)C(C)(C)C)CCc1cccnc1. The third-order valence-electron chi connectivity index (χ3n) is 7.33. The Kier molecular flexibility index (Phi) is 8.85. The predicted molar refractivity (Wildman–Crippen MR) is 141 cm³/mol. The number of ether oxygens (including phenoxy) is 1. The van der Waals surface area contributed by atoms with Gasteiger partial charge in [-0.3, -0.25) is 9.88 Å². The molecular formula is C28H40N2O3Si. The number of esters is 1. The third-order valence-corrected chi connectivity index (χ3v) is 11.9. The summed E-state index contributed by atoms with van der Waals surface area (Å²) < 4.78 is 11.3. The van der Waals surface area contributed by atoms with Gasteiger partial charge in [-0.25, -0.2) is 4.79 Å². The van der Waals surface area contributed by atoms with E-state index in [0.29, 0.717) is 6.04 Å². The summed E-state index contributed by atoms with van der Waals surface area (Å²) in [5.74, 6) is -0.332. The monoisotopic (exact) mass is 480 g/mol. The Morgan fingerprint density at radius 3 is 2.71 bits per heavy atom. The lowest BCUT2D eigenvalue weighted by molar-refractivity contribution is -0.134. The Hall–Kier alpha value is -2.28. The predicted octanol–water partition coefficient (Wildman–Crippen LogP) is 5.82. The Morgan fingerprint density at radius 2 is 2.03 bits per heavy atom. The van der Waals surface area contributed by atoms with Crippen LogP contribution in [0.3, 0.4) is 0 Å². The van der Waals surface area contributed by atoms with Crippen molar-refractivity contribution in [3.63, 3.8) is 0 Å². The Bertz CT molecular complexity index is 983. The van der Waals surface area contributed by atoms with Gasteiger partial charge in [0.15, 0.2) is 8.32 Å². The molecule has 0 bridgehead atoms. The zero-order chi connectivity index (χ0) is 24.8. The third kappa shape index (κ3) is 6.87. The quantitative estimate of drug-likeness (QED) is 0.244. The van der Waals surface area contributed by atoms with Crippen LogP contribution in [0.2, 0.25) is 18.1 Å². The van der Waals surface area contributed by atoms with Crippen molar-refractivity contribution in [1.82, 2.24) is 9.88 Å². The Balaban J connectivity index is 1.74. The highest BCUT2D eigenvalue weighted by Gasteiger charge is 2.37. The van der Waals surface area contributed by atoms with E-state index >= 15 is 0 Å². The topological polar surface area (TPSA) is 51.7 Å². The van der Waals surface area contributed by atoms with Gasteiger partial charge in [0.05, 0.1) is 7.11 Å². The second-order valence-corrected chi connectivity index (χ2v) is 15.4. The van der Waals surface area contributed by atoms with Crippen molar-refractivity contribution in [1.29, 1.82) is 0 Å². The number of fused-ring (bicyclic) bond motifs is 1. The van der Waals surface area contributed by atoms with Gasteiger partial charge in [0, 0.05) is 44.2 Å². The number of methoxy groups -OCH3 is 1. The molecule has 6 heteroatoms. The molecule has 1 aromatic heterocycles. The van der Waals surface area contributed by atoms with Crippen LogP contribution in [0.25, 0.3) is 6.08 Å². The summed E-state index contributed by atoms with van der Waals surface area (Å²) in [4.78, 5) is 18.3. The van der Waals surface area contributed by atoms with Gasteiger partial charge in [0.2, 0.25) is 0 Å². The molecule has 0 fully saturated rings. The number of hydrogen-bond acceptors (Lipinski definition) is 5. The van der Waals surface area contributed by atoms with Gasteiger partial charge in [-0.15, -0.1) is 0 Å². The highest BCUT2D eigenvalue weighted by molar-refractivity contribution is 6.74. The molecule has 0 saturated heterocycles. The molecule has 3 rings (SSSR count). The van der Waals surface area contributed by atoms with E-state index in [1.165, 1.54) is 29.9 Å². The number of rotatable bonds is 10. The fourth-order valence-electron chi connectivity index (χ4n) is 4.21. The van der Waals surface area contributed by atoms with Crippen molar-refractivity contribution in [2.75, 3.05) is 26.8 Å². The number of benzene rings is 1. The van der Waals surface area contributed by atoms with E-state index in [0.717, 1.165) is 44.5 Å². The molecule has 0 amide bonds. The van der Waals surface area contributed by atoms with Crippen molar-refractivity contribution in [2.24, 2.45) is 0 Å². The average molecular weight is 481 g/mol. The number of aromatic nitrogens is 1. The highest BCUT2D eigenvalue weighted by atomic mass is 28.4. The molecule has 1 heterocycles. The van der Waals surface area contributed by atoms with E-state index in [-0.39, 0.29) is 11.0 Å². The number of nitrogens with zero attached hydrogens (tertiary/aromatic N) is 2. The summed E-state index contributed by atoms with van der Waals surface area (Å²) >= 11 is 0. The lowest BCUT2D eigenvalue weighted by Gasteiger charge is -2.37. The maximum Gasteiger partial charge on any atom is 0.330 e. The van der Waals surface area contributed by atoms with Crippen LogP contribution in [0.4, 0.5) is 0 Å². The van der Waals surface area contributed by atoms with Crippen LogP contribution >= 0.6 is 0 Å². The zero-order valence-corrected chi connectivity index (χ0v) is 22.6. The summed E-state index contributed by atoms with van der Waals surface area (Å²) in [7, 11) is -0.383. The normalized spacial score (nSPS) is 16.3. The van der Waals surface area contributed by atoms with Gasteiger partial charge in [-0.1, -0.05) is 45.0 Å². The van der Waals surface area contributed by atoms with E-state index in [4.69, 9.17) is 9.16 Å². The molecule has 0 N–H and O–H groups in total. The minimum absolute atomic E-state index is 0.210. The van der Waals surface area contributed by atoms with Gasteiger partial charge in [-0.05, 0) is 71.8 Å². The van der Waals surface area contributed by atoms with Gasteiger partial charge < -0.3 is 9.16 Å². The molecule has 1 aromatic carbocycles. The van der Waals surface area contributed by atoms with E-state index in [9.17, 15) is 4.79 Å². The van der Waals surface area contributed by atoms with Crippen LogP contribution in [0, 0.1) is 0 Å². The first-order valence-electron chi connectivity index (χ1n) is 12.3. The standard InChI is InChI=1S/C28H40N2O3Si/c1-28(2,3)34(5,6)33-19-18-30(17-15-23-8-7-16-29-21-23)26-13-11-24-20-22(9-12-25(24)26)10-14-27(31)32-4/h7-10,12,14,16,20-21,26H,11,13,15,17-19H2,1-6H3. The maximum absolute atomic E-state index is 11.5. The summed E-state index contributed by atoms with van der Waals surface area (Å²) in [6, 6.07) is 11.1. The smallest absolute Gasteiger partial charge is 0.330 e. The van der Waals surface area contributed by atoms with Crippen LogP contribution in [0.5, 0.6) is 0 Å². The number of pyridine rings is 1. The van der Waals surface area contributed by atoms with Crippen molar-refractivity contribution in [2.45, 2.75) is 64.2 Å². The molecule has 0 aliphatic heterocycles. The van der Waals surface area contributed by atoms with Crippen molar-refractivity contribution in [3.8, 4) is 0 Å². The maximum atomic E-state index is 11.5. The molecule has 1 aliphatic carbocycles. The van der Waals surface area contributed by atoms with Gasteiger partial charge in [0.1, 0.15) is 0 Å². The molecule has 0 saturated carbocycles. The lowest BCUT2D eigenvalue weighted by atomic mass is 10.0. The minimum Gasteiger partial charge on any atom is -0.466 e. The molecule has 5 nitrogen and oxygen atoms in total. The number of carbonyl (C=O) groups excluding carboxylic acids is 1. The van der Waals surface area contributed by atoms with E-state index in [1.807, 2.05) is 24.5 Å². The molecule has 2 aromatic rings.